The normalized spacial score (nSPS) is 18.0. The Hall–Kier alpha value is -1.22. The lowest BCUT2D eigenvalue weighted by Gasteiger charge is -2.36. The molecule has 0 atom stereocenters. The van der Waals surface area contributed by atoms with Crippen LogP contribution in [0.2, 0.25) is 0 Å². The van der Waals surface area contributed by atoms with Crippen molar-refractivity contribution in [3.63, 3.8) is 0 Å². The molecule has 1 aliphatic carbocycles. The number of rotatable bonds is 7. The number of halogens is 1. The molecule has 1 saturated heterocycles. The lowest BCUT2D eigenvalue weighted by molar-refractivity contribution is 0.171. The van der Waals surface area contributed by atoms with Crippen molar-refractivity contribution in [2.24, 2.45) is 10.9 Å². The van der Waals surface area contributed by atoms with E-state index in [9.17, 15) is 0 Å². The van der Waals surface area contributed by atoms with Gasteiger partial charge in [0.2, 0.25) is 0 Å². The summed E-state index contributed by atoms with van der Waals surface area (Å²) in [4.78, 5) is 9.70. The van der Waals surface area contributed by atoms with E-state index in [0.717, 1.165) is 69.2 Å². The molecule has 1 heterocycles. The summed E-state index contributed by atoms with van der Waals surface area (Å²) in [5, 5.41) is 3.45. The molecule has 0 amide bonds. The number of aliphatic imine (C=N–C) groups is 1. The third-order valence-corrected chi connectivity index (χ3v) is 5.08. The van der Waals surface area contributed by atoms with Gasteiger partial charge in [0.1, 0.15) is 11.5 Å². The Morgan fingerprint density at radius 2 is 1.89 bits per heavy atom. The number of hydrogen-bond acceptors (Lipinski definition) is 4. The van der Waals surface area contributed by atoms with Crippen molar-refractivity contribution in [1.82, 2.24) is 15.1 Å². The number of methoxy groups -OCH3 is 2. The van der Waals surface area contributed by atoms with Gasteiger partial charge in [0.25, 0.3) is 0 Å². The van der Waals surface area contributed by atoms with Crippen LogP contribution in [0.25, 0.3) is 0 Å². The van der Waals surface area contributed by atoms with Crippen LogP contribution in [-0.2, 0) is 6.54 Å². The van der Waals surface area contributed by atoms with Crippen molar-refractivity contribution >= 4 is 29.9 Å². The van der Waals surface area contributed by atoms with E-state index in [-0.39, 0.29) is 24.0 Å². The molecular weight excluding hydrogens is 455 g/mol. The van der Waals surface area contributed by atoms with Crippen LogP contribution in [0.1, 0.15) is 25.3 Å². The molecule has 1 N–H and O–H groups in total. The van der Waals surface area contributed by atoms with Crippen molar-refractivity contribution in [1.29, 1.82) is 0 Å². The summed E-state index contributed by atoms with van der Waals surface area (Å²) in [6.07, 6.45) is 2.69. The van der Waals surface area contributed by atoms with Crippen LogP contribution in [0, 0.1) is 5.92 Å². The van der Waals surface area contributed by atoms with Crippen molar-refractivity contribution in [2.75, 3.05) is 53.5 Å². The SMILES string of the molecule is CCNC(=NCC1CC1)N1CCN(Cc2cc(OC)ccc2OC)CC1.I. The number of piperazine rings is 1. The number of hydrogen-bond donors (Lipinski definition) is 1. The first kappa shape index (κ1) is 22.1. The molecule has 6 nitrogen and oxygen atoms in total. The highest BCUT2D eigenvalue weighted by Gasteiger charge is 2.23. The van der Waals surface area contributed by atoms with Gasteiger partial charge in [-0.1, -0.05) is 0 Å². The average molecular weight is 488 g/mol. The summed E-state index contributed by atoms with van der Waals surface area (Å²) in [6.45, 7) is 8.96. The smallest absolute Gasteiger partial charge is 0.194 e. The Bertz CT molecular complexity index is 614. The van der Waals surface area contributed by atoms with Crippen LogP contribution in [0.4, 0.5) is 0 Å². The standard InChI is InChI=1S/C20H32N4O2.HI/c1-4-21-20(22-14-16-5-6-16)24-11-9-23(10-12-24)15-17-13-18(25-2)7-8-19(17)26-3;/h7-8,13,16H,4-6,9-12,14-15H2,1-3H3,(H,21,22);1H. The fraction of sp³-hybridized carbons (Fsp3) is 0.650. The third kappa shape index (κ3) is 6.41. The second-order valence-electron chi connectivity index (χ2n) is 7.08. The number of nitrogens with one attached hydrogen (secondary N) is 1. The zero-order valence-electron chi connectivity index (χ0n) is 16.7. The minimum absolute atomic E-state index is 0. The van der Waals surface area contributed by atoms with E-state index in [1.807, 2.05) is 12.1 Å². The van der Waals surface area contributed by atoms with Crippen LogP contribution in [0.5, 0.6) is 11.5 Å². The first-order chi connectivity index (χ1) is 12.7. The summed E-state index contributed by atoms with van der Waals surface area (Å²) in [6, 6.07) is 6.00. The van der Waals surface area contributed by atoms with Crippen LogP contribution in [-0.4, -0.2) is 69.2 Å². The van der Waals surface area contributed by atoms with Crippen molar-refractivity contribution in [3.8, 4) is 11.5 Å². The van der Waals surface area contributed by atoms with Crippen molar-refractivity contribution in [3.05, 3.63) is 23.8 Å². The summed E-state index contributed by atoms with van der Waals surface area (Å²) in [5.41, 5.74) is 1.18. The zero-order chi connectivity index (χ0) is 18.4. The predicted molar refractivity (Wildman–Crippen MR) is 121 cm³/mol. The molecule has 152 valence electrons. The highest BCUT2D eigenvalue weighted by Crippen LogP contribution is 2.29. The molecule has 0 spiro atoms. The number of guanidine groups is 1. The fourth-order valence-electron chi connectivity index (χ4n) is 3.31. The van der Waals surface area contributed by atoms with E-state index in [2.05, 4.69) is 28.1 Å². The average Bonchev–Trinajstić information content (AvgIpc) is 3.50. The maximum absolute atomic E-state index is 5.52. The van der Waals surface area contributed by atoms with Gasteiger partial charge in [-0.15, -0.1) is 24.0 Å². The molecule has 7 heteroatoms. The minimum atomic E-state index is 0. The zero-order valence-corrected chi connectivity index (χ0v) is 19.1. The van der Waals surface area contributed by atoms with Gasteiger partial charge in [0.15, 0.2) is 5.96 Å². The summed E-state index contributed by atoms with van der Waals surface area (Å²) in [7, 11) is 3.43. The van der Waals surface area contributed by atoms with Crippen LogP contribution in [0.15, 0.2) is 23.2 Å². The lowest BCUT2D eigenvalue weighted by Crippen LogP contribution is -2.52. The molecule has 0 bridgehead atoms. The fourth-order valence-corrected chi connectivity index (χ4v) is 3.31. The lowest BCUT2D eigenvalue weighted by atomic mass is 10.1. The highest BCUT2D eigenvalue weighted by atomic mass is 127. The summed E-state index contributed by atoms with van der Waals surface area (Å²) < 4.78 is 10.9. The molecule has 1 aromatic carbocycles. The summed E-state index contributed by atoms with van der Waals surface area (Å²) >= 11 is 0. The van der Waals surface area contributed by atoms with Crippen LogP contribution in [0.3, 0.4) is 0 Å². The topological polar surface area (TPSA) is 49.3 Å². The van der Waals surface area contributed by atoms with Gasteiger partial charge < -0.3 is 19.7 Å². The first-order valence-corrected chi connectivity index (χ1v) is 9.70. The Labute approximate surface area is 180 Å². The molecule has 3 rings (SSSR count). The molecule has 1 aliphatic heterocycles. The van der Waals surface area contributed by atoms with E-state index >= 15 is 0 Å². The van der Waals surface area contributed by atoms with Crippen LogP contribution < -0.4 is 14.8 Å². The van der Waals surface area contributed by atoms with Gasteiger partial charge in [0.05, 0.1) is 14.2 Å². The Balaban J connectivity index is 0.00000261. The van der Waals surface area contributed by atoms with Gasteiger partial charge in [-0.05, 0) is 43.9 Å². The van der Waals surface area contributed by atoms with Gasteiger partial charge in [-0.25, -0.2) is 0 Å². The van der Waals surface area contributed by atoms with Gasteiger partial charge >= 0.3 is 0 Å². The quantitative estimate of drug-likeness (QED) is 0.364. The molecule has 0 aromatic heterocycles. The highest BCUT2D eigenvalue weighted by molar-refractivity contribution is 14.0. The predicted octanol–water partition coefficient (Wildman–Crippen LogP) is 2.81. The van der Waals surface area contributed by atoms with E-state index in [1.165, 1.54) is 18.4 Å². The van der Waals surface area contributed by atoms with Gasteiger partial charge in [0, 0.05) is 51.4 Å². The first-order valence-electron chi connectivity index (χ1n) is 9.70. The van der Waals surface area contributed by atoms with E-state index in [1.54, 1.807) is 14.2 Å². The molecule has 0 unspecified atom stereocenters. The Kier molecular flexibility index (Phi) is 8.95. The van der Waals surface area contributed by atoms with E-state index in [0.29, 0.717) is 0 Å². The van der Waals surface area contributed by atoms with Crippen molar-refractivity contribution in [2.45, 2.75) is 26.3 Å². The number of benzene rings is 1. The molecule has 1 saturated carbocycles. The molecule has 1 aromatic rings. The maximum Gasteiger partial charge on any atom is 0.194 e. The second kappa shape index (κ2) is 10.9. The van der Waals surface area contributed by atoms with E-state index in [4.69, 9.17) is 14.5 Å². The molecule has 0 radical (unpaired) electrons. The Morgan fingerprint density at radius 3 is 2.48 bits per heavy atom. The molecule has 2 fully saturated rings. The molecular formula is C20H33IN4O2. The van der Waals surface area contributed by atoms with Gasteiger partial charge in [-0.2, -0.15) is 0 Å². The largest absolute Gasteiger partial charge is 0.497 e. The Morgan fingerprint density at radius 1 is 1.15 bits per heavy atom. The van der Waals surface area contributed by atoms with E-state index < -0.39 is 0 Å². The second-order valence-corrected chi connectivity index (χ2v) is 7.08. The minimum Gasteiger partial charge on any atom is -0.497 e. The summed E-state index contributed by atoms with van der Waals surface area (Å²) in [5.74, 6) is 3.71. The number of nitrogens with zero attached hydrogens (tertiary/aromatic N) is 3. The molecule has 27 heavy (non-hydrogen) atoms. The third-order valence-electron chi connectivity index (χ3n) is 5.08. The number of ether oxygens (including phenoxy) is 2. The van der Waals surface area contributed by atoms with Gasteiger partial charge in [-0.3, -0.25) is 9.89 Å². The maximum atomic E-state index is 5.52. The monoisotopic (exact) mass is 488 g/mol. The van der Waals surface area contributed by atoms with Crippen LogP contribution >= 0.6 is 24.0 Å². The molecule has 2 aliphatic rings. The van der Waals surface area contributed by atoms with Crippen molar-refractivity contribution < 1.29 is 9.47 Å².